The summed E-state index contributed by atoms with van der Waals surface area (Å²) in [6.07, 6.45) is 0.743. The van der Waals surface area contributed by atoms with Crippen molar-refractivity contribution in [2.75, 3.05) is 47.3 Å². The lowest BCUT2D eigenvalue weighted by molar-refractivity contribution is -0.139. The van der Waals surface area contributed by atoms with Gasteiger partial charge in [-0.3, -0.25) is 4.79 Å². The summed E-state index contributed by atoms with van der Waals surface area (Å²) in [4.78, 5) is 18.9. The SMILES string of the molecule is CCOC(=O)CSc1nc2c(c(-c3cc(OC)c(OC)cc3OC)c1C#N)CN(C)CC2. The van der Waals surface area contributed by atoms with Crippen molar-refractivity contribution < 1.29 is 23.7 Å². The lowest BCUT2D eigenvalue weighted by Crippen LogP contribution is -2.28. The van der Waals surface area contributed by atoms with Gasteiger partial charge in [-0.1, -0.05) is 11.8 Å². The van der Waals surface area contributed by atoms with Crippen molar-refractivity contribution in [3.05, 3.63) is 29.0 Å². The maximum absolute atomic E-state index is 11.9. The average molecular weight is 458 g/mol. The van der Waals surface area contributed by atoms with Gasteiger partial charge in [-0.15, -0.1) is 0 Å². The standard InChI is InChI=1S/C23H27N3O5S/c1-6-31-21(27)13-32-23-15(11-24)22(16-12-26(2)8-7-17(16)25-23)14-9-19(29-4)20(30-5)10-18(14)28-3/h9-10H,6-8,12-13H2,1-5H3. The molecule has 0 unspecified atom stereocenters. The Balaban J connectivity index is 2.25. The molecule has 0 fully saturated rings. The summed E-state index contributed by atoms with van der Waals surface area (Å²) in [7, 11) is 6.74. The minimum Gasteiger partial charge on any atom is -0.496 e. The zero-order chi connectivity index (χ0) is 23.3. The van der Waals surface area contributed by atoms with Crippen molar-refractivity contribution >= 4 is 17.7 Å². The van der Waals surface area contributed by atoms with Crippen LogP contribution in [0.1, 0.15) is 23.7 Å². The predicted octanol–water partition coefficient (Wildman–Crippen LogP) is 3.29. The van der Waals surface area contributed by atoms with Gasteiger partial charge in [0.05, 0.1) is 39.3 Å². The number of fused-ring (bicyclic) bond motifs is 1. The van der Waals surface area contributed by atoms with E-state index >= 15 is 0 Å². The number of benzene rings is 1. The van der Waals surface area contributed by atoms with Crippen LogP contribution in [0, 0.1) is 11.3 Å². The first-order valence-electron chi connectivity index (χ1n) is 10.2. The van der Waals surface area contributed by atoms with E-state index in [1.165, 1.54) is 11.8 Å². The van der Waals surface area contributed by atoms with Crippen molar-refractivity contribution in [3.63, 3.8) is 0 Å². The van der Waals surface area contributed by atoms with Crippen molar-refractivity contribution in [1.82, 2.24) is 9.88 Å². The number of hydrogen-bond acceptors (Lipinski definition) is 9. The van der Waals surface area contributed by atoms with E-state index in [9.17, 15) is 10.1 Å². The molecule has 8 nitrogen and oxygen atoms in total. The molecule has 0 radical (unpaired) electrons. The molecule has 0 saturated carbocycles. The van der Waals surface area contributed by atoms with E-state index in [-0.39, 0.29) is 11.7 Å². The number of pyridine rings is 1. The molecule has 32 heavy (non-hydrogen) atoms. The lowest BCUT2D eigenvalue weighted by atomic mass is 9.91. The number of rotatable bonds is 8. The van der Waals surface area contributed by atoms with E-state index in [4.69, 9.17) is 23.9 Å². The molecule has 9 heteroatoms. The number of carbonyl (C=O) groups is 1. The first-order valence-corrected chi connectivity index (χ1v) is 11.2. The fourth-order valence-corrected chi connectivity index (χ4v) is 4.54. The number of hydrogen-bond donors (Lipinski definition) is 0. The molecule has 2 heterocycles. The van der Waals surface area contributed by atoms with Crippen LogP contribution in [-0.2, 0) is 22.5 Å². The van der Waals surface area contributed by atoms with E-state index in [2.05, 4.69) is 11.0 Å². The minimum atomic E-state index is -0.342. The normalized spacial score (nSPS) is 13.1. The number of ether oxygens (including phenoxy) is 4. The number of thioether (sulfide) groups is 1. The summed E-state index contributed by atoms with van der Waals surface area (Å²) in [5.74, 6) is 1.36. The van der Waals surface area contributed by atoms with Crippen molar-refractivity contribution in [2.24, 2.45) is 0 Å². The smallest absolute Gasteiger partial charge is 0.316 e. The molecule has 1 aliphatic rings. The number of likely N-dealkylation sites (N-methyl/N-ethyl adjacent to an activating group) is 1. The van der Waals surface area contributed by atoms with E-state index < -0.39 is 0 Å². The van der Waals surface area contributed by atoms with E-state index in [0.29, 0.717) is 46.6 Å². The fraction of sp³-hybridized carbons (Fsp3) is 0.435. The summed E-state index contributed by atoms with van der Waals surface area (Å²) < 4.78 is 21.7. The number of carbonyl (C=O) groups excluding carboxylic acids is 1. The highest BCUT2D eigenvalue weighted by molar-refractivity contribution is 7.99. The summed E-state index contributed by atoms with van der Waals surface area (Å²) in [6.45, 7) is 3.57. The number of aromatic nitrogens is 1. The molecule has 1 aromatic carbocycles. The molecule has 0 spiro atoms. The second kappa shape index (κ2) is 10.6. The van der Waals surface area contributed by atoms with Gasteiger partial charge in [0.25, 0.3) is 0 Å². The second-order valence-corrected chi connectivity index (χ2v) is 8.16. The fourth-order valence-electron chi connectivity index (χ4n) is 3.73. The molecule has 1 aromatic heterocycles. The zero-order valence-electron chi connectivity index (χ0n) is 19.0. The molecular weight excluding hydrogens is 430 g/mol. The van der Waals surface area contributed by atoms with Crippen LogP contribution < -0.4 is 14.2 Å². The Hall–Kier alpha value is -2.96. The van der Waals surface area contributed by atoms with Gasteiger partial charge in [0.2, 0.25) is 0 Å². The predicted molar refractivity (Wildman–Crippen MR) is 121 cm³/mol. The third-order valence-electron chi connectivity index (χ3n) is 5.23. The highest BCUT2D eigenvalue weighted by Gasteiger charge is 2.28. The second-order valence-electron chi connectivity index (χ2n) is 7.19. The van der Waals surface area contributed by atoms with Crippen LogP contribution in [0.2, 0.25) is 0 Å². The maximum Gasteiger partial charge on any atom is 0.316 e. The van der Waals surface area contributed by atoms with Gasteiger partial charge in [0.1, 0.15) is 16.8 Å². The van der Waals surface area contributed by atoms with Gasteiger partial charge >= 0.3 is 5.97 Å². The van der Waals surface area contributed by atoms with Crippen molar-refractivity contribution in [1.29, 1.82) is 5.26 Å². The summed E-state index contributed by atoms with van der Waals surface area (Å²) in [5.41, 5.74) is 3.75. The Bertz CT molecular complexity index is 1050. The highest BCUT2D eigenvalue weighted by Crippen LogP contribution is 2.45. The van der Waals surface area contributed by atoms with Crippen LogP contribution >= 0.6 is 11.8 Å². The zero-order valence-corrected chi connectivity index (χ0v) is 19.8. The molecule has 1 aliphatic heterocycles. The average Bonchev–Trinajstić information content (AvgIpc) is 2.81. The third kappa shape index (κ3) is 4.76. The van der Waals surface area contributed by atoms with Crippen molar-refractivity contribution in [2.45, 2.75) is 24.9 Å². The molecular formula is C23H27N3O5S. The molecule has 0 atom stereocenters. The minimum absolute atomic E-state index is 0.0801. The van der Waals surface area contributed by atoms with Crippen molar-refractivity contribution in [3.8, 4) is 34.4 Å². The number of nitrogens with zero attached hydrogens (tertiary/aromatic N) is 3. The molecule has 3 rings (SSSR count). The number of methoxy groups -OCH3 is 3. The summed E-state index contributed by atoms with van der Waals surface area (Å²) in [5, 5.41) is 10.7. The molecule has 170 valence electrons. The van der Waals surface area contributed by atoms with Crippen LogP contribution in [0.4, 0.5) is 0 Å². The van der Waals surface area contributed by atoms with Gasteiger partial charge < -0.3 is 23.8 Å². The highest BCUT2D eigenvalue weighted by atomic mass is 32.2. The summed E-state index contributed by atoms with van der Waals surface area (Å²) >= 11 is 1.21. The Kier molecular flexibility index (Phi) is 7.83. The monoisotopic (exact) mass is 457 g/mol. The van der Waals surface area contributed by atoms with E-state index in [0.717, 1.165) is 29.8 Å². The first-order chi connectivity index (χ1) is 15.5. The molecule has 0 amide bonds. The van der Waals surface area contributed by atoms with Gasteiger partial charge in [0.15, 0.2) is 11.5 Å². The van der Waals surface area contributed by atoms with E-state index in [1.54, 1.807) is 34.3 Å². The van der Waals surface area contributed by atoms with Crippen LogP contribution in [-0.4, -0.2) is 63.1 Å². The Morgan fingerprint density at radius 3 is 2.50 bits per heavy atom. The van der Waals surface area contributed by atoms with Gasteiger partial charge in [-0.2, -0.15) is 5.26 Å². The van der Waals surface area contributed by atoms with E-state index in [1.807, 2.05) is 13.1 Å². The maximum atomic E-state index is 11.9. The van der Waals surface area contributed by atoms with Crippen LogP contribution in [0.3, 0.4) is 0 Å². The van der Waals surface area contributed by atoms with Crippen LogP contribution in [0.15, 0.2) is 17.2 Å². The molecule has 0 N–H and O–H groups in total. The largest absolute Gasteiger partial charge is 0.496 e. The number of esters is 1. The molecule has 0 bridgehead atoms. The Labute approximate surface area is 192 Å². The molecule has 0 aliphatic carbocycles. The van der Waals surface area contributed by atoms with Gasteiger partial charge in [-0.25, -0.2) is 4.98 Å². The Morgan fingerprint density at radius 1 is 1.19 bits per heavy atom. The topological polar surface area (TPSA) is 93.9 Å². The van der Waals surface area contributed by atoms with Gasteiger partial charge in [-0.05, 0) is 25.6 Å². The number of nitriles is 1. The third-order valence-corrected chi connectivity index (χ3v) is 6.18. The first kappa shape index (κ1) is 23.7. The lowest BCUT2D eigenvalue weighted by Gasteiger charge is -2.28. The van der Waals surface area contributed by atoms with Crippen LogP contribution in [0.25, 0.3) is 11.1 Å². The molecule has 2 aromatic rings. The summed E-state index contributed by atoms with van der Waals surface area (Å²) in [6, 6.07) is 5.89. The molecule has 0 saturated heterocycles. The van der Waals surface area contributed by atoms with Gasteiger partial charge in [0, 0.05) is 42.4 Å². The quantitative estimate of drug-likeness (QED) is 0.437. The Morgan fingerprint density at radius 2 is 1.88 bits per heavy atom. The van der Waals surface area contributed by atoms with Crippen LogP contribution in [0.5, 0.6) is 17.2 Å².